The van der Waals surface area contributed by atoms with Gasteiger partial charge in [0.05, 0.1) is 4.99 Å². The summed E-state index contributed by atoms with van der Waals surface area (Å²) in [6.45, 7) is 10.6. The molecule has 0 saturated carbocycles. The highest BCUT2D eigenvalue weighted by Gasteiger charge is 2.16. The summed E-state index contributed by atoms with van der Waals surface area (Å²) in [5.41, 5.74) is 1.92. The third-order valence-electron chi connectivity index (χ3n) is 3.18. The summed E-state index contributed by atoms with van der Waals surface area (Å²) >= 11 is 10.7. The van der Waals surface area contributed by atoms with Gasteiger partial charge in [0.15, 0.2) is 5.11 Å². The maximum Gasteiger partial charge on any atom is 0.170 e. The van der Waals surface area contributed by atoms with Gasteiger partial charge in [-0.1, -0.05) is 46.3 Å². The fraction of sp³-hybridized carbons (Fsp3) is 0.529. The first-order chi connectivity index (χ1) is 10.2. The Morgan fingerprint density at radius 2 is 1.55 bits per heavy atom. The van der Waals surface area contributed by atoms with Gasteiger partial charge in [-0.2, -0.15) is 0 Å². The van der Waals surface area contributed by atoms with Crippen LogP contribution < -0.4 is 16.0 Å². The predicted octanol–water partition coefficient (Wildman–Crippen LogP) is 4.95. The maximum absolute atomic E-state index is 5.39. The van der Waals surface area contributed by atoms with E-state index in [-0.39, 0.29) is 5.41 Å². The van der Waals surface area contributed by atoms with E-state index < -0.39 is 0 Å². The van der Waals surface area contributed by atoms with E-state index in [1.807, 2.05) is 24.3 Å². The van der Waals surface area contributed by atoms with Crippen LogP contribution in [-0.4, -0.2) is 16.1 Å². The molecular weight excluding hydrogens is 310 g/mol. The van der Waals surface area contributed by atoms with Crippen molar-refractivity contribution >= 4 is 45.9 Å². The van der Waals surface area contributed by atoms with Crippen LogP contribution >= 0.6 is 24.4 Å². The molecule has 0 spiro atoms. The van der Waals surface area contributed by atoms with Crippen LogP contribution in [0.15, 0.2) is 24.3 Å². The Balaban J connectivity index is 2.55. The minimum Gasteiger partial charge on any atom is -0.360 e. The zero-order chi connectivity index (χ0) is 16.8. The van der Waals surface area contributed by atoms with E-state index in [0.29, 0.717) is 11.2 Å². The molecule has 1 rings (SSSR count). The molecule has 0 bridgehead atoms. The minimum absolute atomic E-state index is 0.0346. The highest BCUT2D eigenvalue weighted by atomic mass is 32.1. The van der Waals surface area contributed by atoms with Gasteiger partial charge in [0, 0.05) is 22.8 Å². The SMILES string of the molecule is CCCC(C)NC(=S)Nc1ccc(NC(=S)C(C)(C)C)cc1. The molecule has 0 radical (unpaired) electrons. The predicted molar refractivity (Wildman–Crippen MR) is 106 cm³/mol. The fourth-order valence-electron chi connectivity index (χ4n) is 1.85. The van der Waals surface area contributed by atoms with Crippen molar-refractivity contribution in [3.63, 3.8) is 0 Å². The first kappa shape index (κ1) is 18.8. The highest BCUT2D eigenvalue weighted by molar-refractivity contribution is 7.80. The zero-order valence-electron chi connectivity index (χ0n) is 14.1. The number of anilines is 2. The number of rotatable bonds is 5. The first-order valence-corrected chi connectivity index (χ1v) is 8.53. The zero-order valence-corrected chi connectivity index (χ0v) is 15.8. The number of hydrogen-bond acceptors (Lipinski definition) is 2. The molecule has 1 aromatic carbocycles. The Morgan fingerprint density at radius 1 is 1.05 bits per heavy atom. The molecule has 0 aliphatic rings. The van der Waals surface area contributed by atoms with Crippen molar-refractivity contribution in [3.8, 4) is 0 Å². The van der Waals surface area contributed by atoms with Crippen molar-refractivity contribution in [2.24, 2.45) is 5.41 Å². The Kier molecular flexibility index (Phi) is 7.23. The molecule has 5 heteroatoms. The summed E-state index contributed by atoms with van der Waals surface area (Å²) < 4.78 is 0. The number of benzene rings is 1. The second-order valence-corrected chi connectivity index (χ2v) is 7.39. The Morgan fingerprint density at radius 3 is 2.00 bits per heavy atom. The number of thiocarbonyl (C=S) groups is 2. The van der Waals surface area contributed by atoms with Gasteiger partial charge in [-0.25, -0.2) is 0 Å². The Bertz CT molecular complexity index is 504. The molecule has 0 heterocycles. The molecule has 0 saturated heterocycles. The number of nitrogens with one attached hydrogen (secondary N) is 3. The van der Waals surface area contributed by atoms with E-state index in [4.69, 9.17) is 24.4 Å². The fourth-order valence-corrected chi connectivity index (χ4v) is 2.29. The molecule has 0 aliphatic carbocycles. The van der Waals surface area contributed by atoms with Crippen LogP contribution in [0.5, 0.6) is 0 Å². The second-order valence-electron chi connectivity index (χ2n) is 6.57. The van der Waals surface area contributed by atoms with Crippen LogP contribution in [0.4, 0.5) is 11.4 Å². The van der Waals surface area contributed by atoms with Gasteiger partial charge in [0.1, 0.15) is 0 Å². The lowest BCUT2D eigenvalue weighted by Crippen LogP contribution is -2.35. The molecule has 1 aromatic rings. The first-order valence-electron chi connectivity index (χ1n) is 7.71. The van der Waals surface area contributed by atoms with E-state index in [2.05, 4.69) is 50.6 Å². The van der Waals surface area contributed by atoms with Gasteiger partial charge >= 0.3 is 0 Å². The van der Waals surface area contributed by atoms with Crippen LogP contribution in [0.1, 0.15) is 47.5 Å². The number of hydrogen-bond donors (Lipinski definition) is 3. The van der Waals surface area contributed by atoms with E-state index in [1.54, 1.807) is 0 Å². The van der Waals surface area contributed by atoms with Crippen molar-refractivity contribution in [1.29, 1.82) is 0 Å². The molecule has 0 fully saturated rings. The summed E-state index contributed by atoms with van der Waals surface area (Å²) in [6, 6.07) is 8.37. The van der Waals surface area contributed by atoms with Crippen LogP contribution in [0.3, 0.4) is 0 Å². The lowest BCUT2D eigenvalue weighted by molar-refractivity contribution is 0.599. The molecule has 1 atom stereocenters. The molecule has 3 N–H and O–H groups in total. The van der Waals surface area contributed by atoms with Crippen molar-refractivity contribution in [1.82, 2.24) is 5.32 Å². The topological polar surface area (TPSA) is 36.1 Å². The standard InChI is InChI=1S/C17H27N3S2/c1-6-7-12(2)18-16(22)20-14-10-8-13(9-11-14)19-15(21)17(3,4)5/h8-12H,6-7H2,1-5H3,(H,19,21)(H2,18,20,22). The van der Waals surface area contributed by atoms with Gasteiger partial charge in [-0.05, 0) is 49.8 Å². The molecule has 22 heavy (non-hydrogen) atoms. The van der Waals surface area contributed by atoms with E-state index in [1.165, 1.54) is 0 Å². The van der Waals surface area contributed by atoms with Gasteiger partial charge in [0.2, 0.25) is 0 Å². The summed E-state index contributed by atoms with van der Waals surface area (Å²) in [4.78, 5) is 0.832. The van der Waals surface area contributed by atoms with Crippen molar-refractivity contribution in [2.75, 3.05) is 10.6 Å². The summed E-state index contributed by atoms with van der Waals surface area (Å²) in [7, 11) is 0. The third kappa shape index (κ3) is 6.71. The van der Waals surface area contributed by atoms with Crippen LogP contribution in [-0.2, 0) is 0 Å². The average molecular weight is 338 g/mol. The summed E-state index contributed by atoms with van der Waals surface area (Å²) in [5, 5.41) is 10.4. The highest BCUT2D eigenvalue weighted by Crippen LogP contribution is 2.20. The van der Waals surface area contributed by atoms with Gasteiger partial charge in [0.25, 0.3) is 0 Å². The summed E-state index contributed by atoms with van der Waals surface area (Å²) in [6.07, 6.45) is 2.25. The largest absolute Gasteiger partial charge is 0.360 e. The van der Waals surface area contributed by atoms with E-state index in [9.17, 15) is 0 Å². The minimum atomic E-state index is -0.0346. The average Bonchev–Trinajstić information content (AvgIpc) is 2.39. The monoisotopic (exact) mass is 337 g/mol. The lowest BCUT2D eigenvalue weighted by Gasteiger charge is -2.21. The third-order valence-corrected chi connectivity index (χ3v) is 4.12. The van der Waals surface area contributed by atoms with Crippen LogP contribution in [0.25, 0.3) is 0 Å². The Hall–Kier alpha value is -1.20. The van der Waals surface area contributed by atoms with Crippen LogP contribution in [0.2, 0.25) is 0 Å². The second kappa shape index (κ2) is 8.44. The molecule has 1 unspecified atom stereocenters. The smallest absolute Gasteiger partial charge is 0.170 e. The van der Waals surface area contributed by atoms with Crippen LogP contribution in [0, 0.1) is 5.41 Å². The van der Waals surface area contributed by atoms with Crippen molar-refractivity contribution < 1.29 is 0 Å². The molecule has 0 aliphatic heterocycles. The van der Waals surface area contributed by atoms with Gasteiger partial charge in [-0.15, -0.1) is 0 Å². The summed E-state index contributed by atoms with van der Waals surface area (Å²) in [5.74, 6) is 0. The molecule has 0 amide bonds. The van der Waals surface area contributed by atoms with Gasteiger partial charge < -0.3 is 16.0 Å². The molecule has 3 nitrogen and oxygen atoms in total. The molecule has 0 aromatic heterocycles. The van der Waals surface area contributed by atoms with Gasteiger partial charge in [-0.3, -0.25) is 0 Å². The molecule has 122 valence electrons. The normalized spacial score (nSPS) is 12.4. The van der Waals surface area contributed by atoms with E-state index in [0.717, 1.165) is 29.2 Å². The molecular formula is C17H27N3S2. The van der Waals surface area contributed by atoms with Crippen molar-refractivity contribution in [2.45, 2.75) is 53.5 Å². The quantitative estimate of drug-likeness (QED) is 0.663. The Labute approximate surface area is 145 Å². The lowest BCUT2D eigenvalue weighted by atomic mass is 9.96. The maximum atomic E-state index is 5.39. The van der Waals surface area contributed by atoms with Crippen molar-refractivity contribution in [3.05, 3.63) is 24.3 Å². The van der Waals surface area contributed by atoms with E-state index >= 15 is 0 Å².